The van der Waals surface area contributed by atoms with Gasteiger partial charge in [0.2, 0.25) is 10.0 Å². The molecule has 4 atom stereocenters. The van der Waals surface area contributed by atoms with Gasteiger partial charge in [0.05, 0.1) is 0 Å². The monoisotopic (exact) mass is 272 g/mol. The van der Waals surface area contributed by atoms with E-state index in [1.165, 1.54) is 4.13 Å². The first-order chi connectivity index (χ1) is 7.38. The highest BCUT2D eigenvalue weighted by molar-refractivity contribution is 8.00. The number of carbonyl (C=O) groups is 1. The van der Waals surface area contributed by atoms with E-state index in [9.17, 15) is 26.4 Å². The molecule has 1 saturated carbocycles. The number of hydrogen-bond donors (Lipinski definition) is 1. The van der Waals surface area contributed by atoms with E-state index in [0.29, 0.717) is 12.7 Å². The molecule has 6 nitrogen and oxygen atoms in total. The predicted molar refractivity (Wildman–Crippen MR) is 53.1 cm³/mol. The molecule has 1 rings (SSSR count). The first kappa shape index (κ1) is 13.7. The van der Waals surface area contributed by atoms with E-state index < -0.39 is 38.6 Å². The van der Waals surface area contributed by atoms with E-state index in [2.05, 4.69) is 0 Å². The van der Waals surface area contributed by atoms with Gasteiger partial charge in [0.15, 0.2) is 0 Å². The molecule has 0 bridgehead atoms. The summed E-state index contributed by atoms with van der Waals surface area (Å²) in [6.07, 6.45) is -0.802. The number of rotatable bonds is 4. The molecule has 1 N–H and O–H groups in total. The lowest BCUT2D eigenvalue weighted by Crippen LogP contribution is -2.46. The summed E-state index contributed by atoms with van der Waals surface area (Å²) in [4.78, 5) is 10.5. The number of alkyl halides is 1. The maximum absolute atomic E-state index is 13.6. The highest BCUT2D eigenvalue weighted by Gasteiger charge is 2.41. The summed E-state index contributed by atoms with van der Waals surface area (Å²) >= 11 is -3.01. The fourth-order valence-electron chi connectivity index (χ4n) is 1.77. The summed E-state index contributed by atoms with van der Waals surface area (Å²) in [5.74, 6) is -0.976. The summed E-state index contributed by atoms with van der Waals surface area (Å²) in [6, 6.07) is 0. The van der Waals surface area contributed by atoms with Gasteiger partial charge in [-0.25, -0.2) is 12.8 Å². The van der Waals surface area contributed by atoms with Crippen LogP contribution >= 0.6 is 0 Å². The molecular formula is C7H11FNO5S2-. The van der Waals surface area contributed by atoms with E-state index in [1.807, 2.05) is 0 Å². The summed E-state index contributed by atoms with van der Waals surface area (Å²) in [6.45, 7) is 0. The van der Waals surface area contributed by atoms with Gasteiger partial charge in [0, 0.05) is 17.2 Å². The van der Waals surface area contributed by atoms with Crippen molar-refractivity contribution in [1.82, 2.24) is 4.13 Å². The van der Waals surface area contributed by atoms with Gasteiger partial charge >= 0.3 is 0 Å². The molecule has 16 heavy (non-hydrogen) atoms. The molecule has 0 aliphatic heterocycles. The molecular weight excluding hydrogens is 261 g/mol. The van der Waals surface area contributed by atoms with Gasteiger partial charge in [-0.15, -0.1) is 4.13 Å². The zero-order chi connectivity index (χ0) is 12.3. The van der Waals surface area contributed by atoms with Crippen LogP contribution in [0.5, 0.6) is 0 Å². The normalized spacial score (nSPS) is 33.2. The third-order valence-electron chi connectivity index (χ3n) is 2.55. The summed E-state index contributed by atoms with van der Waals surface area (Å²) in [5, 5.41) is -1.48. The number of sulfonamides is 1. The second-order valence-electron chi connectivity index (χ2n) is 3.58. The van der Waals surface area contributed by atoms with E-state index in [-0.39, 0.29) is 12.8 Å². The molecule has 0 aromatic rings. The largest absolute Gasteiger partial charge is 0.759 e. The molecule has 1 aliphatic carbocycles. The van der Waals surface area contributed by atoms with Crippen molar-refractivity contribution in [1.29, 1.82) is 0 Å². The SMILES string of the molecule is O=CC1CCCC(S(=O)(=O)NS(=O)[O-])C1F. The van der Waals surface area contributed by atoms with Gasteiger partial charge in [0.1, 0.15) is 17.7 Å². The topological polar surface area (TPSA) is 103 Å². The number of hydrogen-bond acceptors (Lipinski definition) is 5. The number of nitrogens with one attached hydrogen (secondary N) is 1. The van der Waals surface area contributed by atoms with Crippen LogP contribution in [0.4, 0.5) is 4.39 Å². The van der Waals surface area contributed by atoms with Crippen molar-refractivity contribution in [2.24, 2.45) is 5.92 Å². The molecule has 1 fully saturated rings. The van der Waals surface area contributed by atoms with Crippen LogP contribution in [0.15, 0.2) is 0 Å². The molecule has 0 aromatic heterocycles. The zero-order valence-electron chi connectivity index (χ0n) is 8.17. The first-order valence-corrected chi connectivity index (χ1v) is 7.20. The number of carbonyl (C=O) groups excluding carboxylic acids is 1. The highest BCUT2D eigenvalue weighted by Crippen LogP contribution is 2.30. The lowest BCUT2D eigenvalue weighted by molar-refractivity contribution is -0.113. The van der Waals surface area contributed by atoms with Gasteiger partial charge in [-0.2, -0.15) is 0 Å². The van der Waals surface area contributed by atoms with Crippen molar-refractivity contribution in [3.8, 4) is 0 Å². The van der Waals surface area contributed by atoms with Gasteiger partial charge in [-0.3, -0.25) is 4.21 Å². The molecule has 0 heterocycles. The predicted octanol–water partition coefficient (Wildman–Crippen LogP) is -0.594. The molecule has 94 valence electrons. The second kappa shape index (κ2) is 5.30. The van der Waals surface area contributed by atoms with Crippen molar-refractivity contribution in [3.63, 3.8) is 0 Å². The standard InChI is InChI=1S/C7H12FNO5S2/c8-7-5(4-10)2-1-3-6(7)16(13,14)9-15(11)12/h4-7,9H,1-3H2,(H,11,12)/p-1. The van der Waals surface area contributed by atoms with Crippen LogP contribution in [0.2, 0.25) is 0 Å². The lowest BCUT2D eigenvalue weighted by Gasteiger charge is -2.29. The Hall–Kier alpha value is -0.380. The van der Waals surface area contributed by atoms with Crippen LogP contribution < -0.4 is 4.13 Å². The molecule has 0 aromatic carbocycles. The van der Waals surface area contributed by atoms with Crippen molar-refractivity contribution in [2.45, 2.75) is 30.7 Å². The first-order valence-electron chi connectivity index (χ1n) is 4.58. The Morgan fingerprint density at radius 1 is 1.44 bits per heavy atom. The smallest absolute Gasteiger partial charge is 0.227 e. The second-order valence-corrected chi connectivity index (χ2v) is 6.41. The van der Waals surface area contributed by atoms with Crippen LogP contribution in [0.25, 0.3) is 0 Å². The maximum Gasteiger partial charge on any atom is 0.227 e. The van der Waals surface area contributed by atoms with Crippen molar-refractivity contribution >= 4 is 27.6 Å². The van der Waals surface area contributed by atoms with Crippen molar-refractivity contribution in [2.75, 3.05) is 0 Å². The molecule has 0 spiro atoms. The Morgan fingerprint density at radius 3 is 2.56 bits per heavy atom. The Morgan fingerprint density at radius 2 is 2.06 bits per heavy atom. The summed E-state index contributed by atoms with van der Waals surface area (Å²) in [7, 11) is -4.27. The number of aldehydes is 1. The Bertz CT molecular complexity index is 384. The Balaban J connectivity index is 2.86. The van der Waals surface area contributed by atoms with Crippen LogP contribution in [-0.4, -0.2) is 34.9 Å². The lowest BCUT2D eigenvalue weighted by atomic mass is 9.88. The Kier molecular flexibility index (Phi) is 4.53. The van der Waals surface area contributed by atoms with Crippen LogP contribution in [0.1, 0.15) is 19.3 Å². The zero-order valence-corrected chi connectivity index (χ0v) is 9.80. The maximum atomic E-state index is 13.6. The third-order valence-corrected chi connectivity index (χ3v) is 5.31. The summed E-state index contributed by atoms with van der Waals surface area (Å²) in [5.41, 5.74) is 0. The minimum atomic E-state index is -4.27. The minimum absolute atomic E-state index is 0.0119. The fraction of sp³-hybridized carbons (Fsp3) is 0.857. The molecule has 0 amide bonds. The average molecular weight is 272 g/mol. The van der Waals surface area contributed by atoms with Gasteiger partial charge in [0.25, 0.3) is 0 Å². The van der Waals surface area contributed by atoms with Gasteiger partial charge < -0.3 is 9.35 Å². The number of halogens is 1. The molecule has 0 radical (unpaired) electrons. The van der Waals surface area contributed by atoms with E-state index >= 15 is 0 Å². The third kappa shape index (κ3) is 3.06. The van der Waals surface area contributed by atoms with E-state index in [0.717, 1.165) is 0 Å². The van der Waals surface area contributed by atoms with Gasteiger partial charge in [-0.05, 0) is 12.8 Å². The molecule has 1 aliphatic rings. The van der Waals surface area contributed by atoms with Crippen LogP contribution in [-0.2, 0) is 26.1 Å². The molecule has 9 heteroatoms. The fourth-order valence-corrected chi connectivity index (χ4v) is 4.05. The van der Waals surface area contributed by atoms with Crippen LogP contribution in [0.3, 0.4) is 0 Å². The highest BCUT2D eigenvalue weighted by atomic mass is 32.3. The quantitative estimate of drug-likeness (QED) is 0.544. The van der Waals surface area contributed by atoms with Gasteiger partial charge in [-0.1, -0.05) is 6.42 Å². The van der Waals surface area contributed by atoms with Crippen molar-refractivity contribution in [3.05, 3.63) is 0 Å². The Labute approximate surface area is 95.1 Å². The average Bonchev–Trinajstić information content (AvgIpc) is 2.15. The minimum Gasteiger partial charge on any atom is -0.759 e. The van der Waals surface area contributed by atoms with Crippen molar-refractivity contribution < 1.29 is 26.4 Å². The van der Waals surface area contributed by atoms with E-state index in [1.54, 1.807) is 0 Å². The molecule has 0 saturated heterocycles. The summed E-state index contributed by atoms with van der Waals surface area (Å²) < 4.78 is 58.2. The molecule has 4 unspecified atom stereocenters. The van der Waals surface area contributed by atoms with E-state index in [4.69, 9.17) is 0 Å². The van der Waals surface area contributed by atoms with Crippen LogP contribution in [0, 0.1) is 5.92 Å².